The van der Waals surface area contributed by atoms with Gasteiger partial charge in [-0.1, -0.05) is 12.1 Å². The Hall–Kier alpha value is -2.17. The van der Waals surface area contributed by atoms with E-state index in [0.29, 0.717) is 43.5 Å². The van der Waals surface area contributed by atoms with Gasteiger partial charge in [0.15, 0.2) is 5.78 Å². The second kappa shape index (κ2) is 5.31. The topological polar surface area (TPSA) is 66.5 Å². The predicted octanol–water partition coefficient (Wildman–Crippen LogP) is 1.02. The molecule has 2 amide bonds. The first-order valence-corrected chi connectivity index (χ1v) is 7.27. The van der Waals surface area contributed by atoms with E-state index in [2.05, 4.69) is 5.32 Å². The first-order valence-electron chi connectivity index (χ1n) is 7.27. The maximum atomic E-state index is 12.7. The molecule has 0 aromatic heterocycles. The first kappa shape index (κ1) is 13.8. The number of hydrogen-bond donors (Lipinski definition) is 1. The van der Waals surface area contributed by atoms with Crippen molar-refractivity contribution in [2.45, 2.75) is 19.3 Å². The van der Waals surface area contributed by atoms with Gasteiger partial charge in [-0.05, 0) is 24.5 Å². The van der Waals surface area contributed by atoms with Gasteiger partial charge in [0.2, 0.25) is 5.91 Å². The van der Waals surface area contributed by atoms with Crippen molar-refractivity contribution in [1.29, 1.82) is 0 Å². The molecule has 5 heteroatoms. The molecule has 2 aliphatic rings. The molecule has 0 bridgehead atoms. The summed E-state index contributed by atoms with van der Waals surface area (Å²) in [6, 6.07) is 5.34. The molecule has 1 fully saturated rings. The fraction of sp³-hybridized carbons (Fsp3) is 0.438. The summed E-state index contributed by atoms with van der Waals surface area (Å²) in [6.07, 6.45) is 1.82. The smallest absolute Gasteiger partial charge is 0.254 e. The molecule has 1 aliphatic heterocycles. The molecule has 0 radical (unpaired) electrons. The van der Waals surface area contributed by atoms with E-state index in [4.69, 9.17) is 0 Å². The lowest BCUT2D eigenvalue weighted by Crippen LogP contribution is -2.33. The summed E-state index contributed by atoms with van der Waals surface area (Å²) in [5.41, 5.74) is 2.18. The van der Waals surface area contributed by atoms with Gasteiger partial charge < -0.3 is 10.2 Å². The van der Waals surface area contributed by atoms with Crippen molar-refractivity contribution >= 4 is 17.6 Å². The van der Waals surface area contributed by atoms with Crippen LogP contribution in [-0.2, 0) is 11.2 Å². The molecule has 3 rings (SSSR count). The normalized spacial score (nSPS) is 20.5. The van der Waals surface area contributed by atoms with E-state index < -0.39 is 0 Å². The Labute approximate surface area is 123 Å². The fourth-order valence-corrected chi connectivity index (χ4v) is 3.22. The minimum absolute atomic E-state index is 0.0150. The highest BCUT2D eigenvalue weighted by molar-refractivity contribution is 6.05. The standard InChI is InChI=1S/C16H18N2O3/c1-17-15(20)10-7-8-18(9-10)16(21)13-4-2-3-12-11(13)5-6-14(12)19/h2-4,10H,5-9H2,1H3,(H,17,20)/t10-/m0/s1. The summed E-state index contributed by atoms with van der Waals surface area (Å²) >= 11 is 0. The molecular formula is C16H18N2O3. The molecule has 0 spiro atoms. The molecule has 1 aromatic rings. The summed E-state index contributed by atoms with van der Waals surface area (Å²) in [6.45, 7) is 1.05. The van der Waals surface area contributed by atoms with Crippen molar-refractivity contribution in [3.8, 4) is 0 Å². The molecule has 1 aliphatic carbocycles. The number of nitrogens with one attached hydrogen (secondary N) is 1. The van der Waals surface area contributed by atoms with Gasteiger partial charge in [0, 0.05) is 37.7 Å². The summed E-state index contributed by atoms with van der Waals surface area (Å²) in [4.78, 5) is 37.8. The Morgan fingerprint density at radius 2 is 2.10 bits per heavy atom. The van der Waals surface area contributed by atoms with Gasteiger partial charge in [-0.3, -0.25) is 14.4 Å². The van der Waals surface area contributed by atoms with Gasteiger partial charge in [0.1, 0.15) is 0 Å². The molecule has 21 heavy (non-hydrogen) atoms. The van der Waals surface area contributed by atoms with Crippen molar-refractivity contribution < 1.29 is 14.4 Å². The Balaban J connectivity index is 1.82. The molecule has 0 unspecified atom stereocenters. The van der Waals surface area contributed by atoms with Crippen molar-refractivity contribution in [2.24, 2.45) is 5.92 Å². The number of amides is 2. The predicted molar refractivity (Wildman–Crippen MR) is 77.2 cm³/mol. The van der Waals surface area contributed by atoms with Gasteiger partial charge in [-0.2, -0.15) is 0 Å². The average Bonchev–Trinajstić information content (AvgIpc) is 3.13. The monoisotopic (exact) mass is 286 g/mol. The lowest BCUT2D eigenvalue weighted by molar-refractivity contribution is -0.124. The van der Waals surface area contributed by atoms with Crippen molar-refractivity contribution in [3.63, 3.8) is 0 Å². The van der Waals surface area contributed by atoms with Crippen LogP contribution in [-0.4, -0.2) is 42.6 Å². The van der Waals surface area contributed by atoms with E-state index in [0.717, 1.165) is 5.56 Å². The third-order valence-corrected chi connectivity index (χ3v) is 4.40. The fourth-order valence-electron chi connectivity index (χ4n) is 3.22. The zero-order valence-corrected chi connectivity index (χ0v) is 12.0. The van der Waals surface area contributed by atoms with E-state index in [1.807, 2.05) is 0 Å². The van der Waals surface area contributed by atoms with E-state index in [9.17, 15) is 14.4 Å². The van der Waals surface area contributed by atoms with Crippen LogP contribution in [0.15, 0.2) is 18.2 Å². The Kier molecular flexibility index (Phi) is 3.49. The van der Waals surface area contributed by atoms with E-state index in [1.54, 1.807) is 30.1 Å². The first-order chi connectivity index (χ1) is 10.1. The molecule has 1 N–H and O–H groups in total. The summed E-state index contributed by atoms with van der Waals surface area (Å²) in [5, 5.41) is 2.63. The lowest BCUT2D eigenvalue weighted by atomic mass is 10.0. The van der Waals surface area contributed by atoms with Crippen LogP contribution in [0.5, 0.6) is 0 Å². The van der Waals surface area contributed by atoms with Gasteiger partial charge in [-0.25, -0.2) is 0 Å². The van der Waals surface area contributed by atoms with Gasteiger partial charge in [0.05, 0.1) is 5.92 Å². The summed E-state index contributed by atoms with van der Waals surface area (Å²) < 4.78 is 0. The van der Waals surface area contributed by atoms with E-state index in [1.165, 1.54) is 0 Å². The van der Waals surface area contributed by atoms with Crippen LogP contribution in [0, 0.1) is 5.92 Å². The van der Waals surface area contributed by atoms with Crippen LogP contribution in [0.2, 0.25) is 0 Å². The van der Waals surface area contributed by atoms with Gasteiger partial charge >= 0.3 is 0 Å². The SMILES string of the molecule is CNC(=O)[C@H]1CCN(C(=O)c2cccc3c2CCC3=O)C1. The third-order valence-electron chi connectivity index (χ3n) is 4.40. The maximum Gasteiger partial charge on any atom is 0.254 e. The minimum atomic E-state index is -0.127. The Morgan fingerprint density at radius 3 is 2.86 bits per heavy atom. The van der Waals surface area contributed by atoms with Gasteiger partial charge in [-0.15, -0.1) is 0 Å². The molecule has 1 atom stereocenters. The van der Waals surface area contributed by atoms with Crippen LogP contribution in [0.25, 0.3) is 0 Å². The molecule has 1 saturated heterocycles. The van der Waals surface area contributed by atoms with Crippen molar-refractivity contribution in [2.75, 3.05) is 20.1 Å². The van der Waals surface area contributed by atoms with Crippen molar-refractivity contribution in [3.05, 3.63) is 34.9 Å². The lowest BCUT2D eigenvalue weighted by Gasteiger charge is -2.18. The average molecular weight is 286 g/mol. The van der Waals surface area contributed by atoms with Crippen LogP contribution >= 0.6 is 0 Å². The number of carbonyl (C=O) groups is 3. The number of hydrogen-bond acceptors (Lipinski definition) is 3. The molecule has 1 aromatic carbocycles. The van der Waals surface area contributed by atoms with E-state index >= 15 is 0 Å². The van der Waals surface area contributed by atoms with E-state index in [-0.39, 0.29) is 23.5 Å². The van der Waals surface area contributed by atoms with Gasteiger partial charge in [0.25, 0.3) is 5.91 Å². The quantitative estimate of drug-likeness (QED) is 0.883. The minimum Gasteiger partial charge on any atom is -0.359 e. The number of nitrogens with zero attached hydrogens (tertiary/aromatic N) is 1. The highest BCUT2D eigenvalue weighted by Gasteiger charge is 2.33. The van der Waals surface area contributed by atoms with Crippen molar-refractivity contribution in [1.82, 2.24) is 10.2 Å². The molecular weight excluding hydrogens is 268 g/mol. The summed E-state index contributed by atoms with van der Waals surface area (Å²) in [7, 11) is 1.61. The summed E-state index contributed by atoms with van der Waals surface area (Å²) in [5.74, 6) is -0.0895. The number of carbonyl (C=O) groups excluding carboxylic acids is 3. The second-order valence-electron chi connectivity index (χ2n) is 5.61. The second-order valence-corrected chi connectivity index (χ2v) is 5.61. The maximum absolute atomic E-state index is 12.7. The number of likely N-dealkylation sites (tertiary alicyclic amines) is 1. The van der Waals surface area contributed by atoms with Crippen LogP contribution in [0.3, 0.4) is 0 Å². The number of Topliss-reactive ketones (excluding diaryl/α,β-unsaturated/α-hetero) is 1. The number of rotatable bonds is 2. The third kappa shape index (κ3) is 2.33. The molecule has 0 saturated carbocycles. The number of ketones is 1. The zero-order chi connectivity index (χ0) is 15.0. The van der Waals surface area contributed by atoms with Crippen LogP contribution in [0.4, 0.5) is 0 Å². The van der Waals surface area contributed by atoms with Crippen LogP contribution in [0.1, 0.15) is 39.1 Å². The highest BCUT2D eigenvalue weighted by atomic mass is 16.2. The largest absolute Gasteiger partial charge is 0.359 e. The molecule has 110 valence electrons. The number of benzene rings is 1. The zero-order valence-electron chi connectivity index (χ0n) is 12.0. The highest BCUT2D eigenvalue weighted by Crippen LogP contribution is 2.27. The molecule has 5 nitrogen and oxygen atoms in total. The Bertz CT molecular complexity index is 624. The Morgan fingerprint density at radius 1 is 1.29 bits per heavy atom. The number of fused-ring (bicyclic) bond motifs is 1. The molecule has 1 heterocycles. The van der Waals surface area contributed by atoms with Crippen LogP contribution < -0.4 is 5.32 Å².